The predicted octanol–water partition coefficient (Wildman–Crippen LogP) is 6.01. The van der Waals surface area contributed by atoms with Crippen molar-refractivity contribution >= 4 is 40.6 Å². The first kappa shape index (κ1) is 30.3. The molecule has 0 saturated carbocycles. The van der Waals surface area contributed by atoms with E-state index in [1.807, 2.05) is 5.38 Å². The topological polar surface area (TPSA) is 85.2 Å². The monoisotopic (exact) mass is 576 g/mol. The number of hydrogen-bond donors (Lipinski definition) is 1. The number of aromatic nitrogens is 1. The predicted molar refractivity (Wildman–Crippen MR) is 152 cm³/mol. The van der Waals surface area contributed by atoms with Gasteiger partial charge in [-0.1, -0.05) is 11.6 Å². The van der Waals surface area contributed by atoms with Crippen LogP contribution in [-0.4, -0.2) is 53.8 Å². The number of benzene rings is 2. The van der Waals surface area contributed by atoms with E-state index < -0.39 is 11.7 Å². The maximum atomic E-state index is 13.6. The number of nitrogens with one attached hydrogen (secondary N) is 1. The van der Waals surface area contributed by atoms with Gasteiger partial charge >= 0.3 is 6.09 Å². The molecule has 0 aliphatic carbocycles. The van der Waals surface area contributed by atoms with Crippen LogP contribution in [0, 0.1) is 5.82 Å². The fourth-order valence-electron chi connectivity index (χ4n) is 3.71. The summed E-state index contributed by atoms with van der Waals surface area (Å²) in [6.45, 7) is 8.33. The van der Waals surface area contributed by atoms with E-state index in [4.69, 9.17) is 26.1 Å². The maximum absolute atomic E-state index is 13.6. The molecule has 0 atom stereocenters. The van der Waals surface area contributed by atoms with E-state index in [9.17, 15) is 14.0 Å². The Morgan fingerprint density at radius 1 is 1.18 bits per heavy atom. The fourth-order valence-corrected chi connectivity index (χ4v) is 4.82. The van der Waals surface area contributed by atoms with Gasteiger partial charge in [-0.05, 0) is 82.6 Å². The zero-order valence-corrected chi connectivity index (χ0v) is 24.4. The van der Waals surface area contributed by atoms with Crippen LogP contribution in [-0.2, 0) is 16.1 Å². The summed E-state index contributed by atoms with van der Waals surface area (Å²) in [5.74, 6) is -0.110. The van der Waals surface area contributed by atoms with Gasteiger partial charge in [0.2, 0.25) is 5.91 Å². The molecule has 11 heteroatoms. The Morgan fingerprint density at radius 3 is 2.54 bits per heavy atom. The first-order chi connectivity index (χ1) is 18.5. The van der Waals surface area contributed by atoms with Crippen LogP contribution >= 0.6 is 22.9 Å². The Labute approximate surface area is 237 Å². The van der Waals surface area contributed by atoms with Crippen LogP contribution in [0.4, 0.5) is 14.9 Å². The largest absolute Gasteiger partial charge is 0.494 e. The van der Waals surface area contributed by atoms with E-state index in [2.05, 4.69) is 9.88 Å². The number of nitrogens with zero attached hydrogens (tertiary/aromatic N) is 3. The summed E-state index contributed by atoms with van der Waals surface area (Å²) in [7, 11) is 1.56. The van der Waals surface area contributed by atoms with E-state index in [1.54, 1.807) is 65.1 Å². The molecule has 1 N–H and O–H groups in total. The lowest BCUT2D eigenvalue weighted by Gasteiger charge is -2.25. The molecule has 1 aromatic heterocycles. The normalized spacial score (nSPS) is 11.9. The first-order valence-corrected chi connectivity index (χ1v) is 13.8. The van der Waals surface area contributed by atoms with Crippen LogP contribution in [0.25, 0.3) is 11.3 Å². The second kappa shape index (κ2) is 13.7. The zero-order valence-electron chi connectivity index (χ0n) is 22.8. The van der Waals surface area contributed by atoms with Crippen molar-refractivity contribution in [3.05, 3.63) is 63.5 Å². The number of ether oxygens (including phenoxy) is 2. The Hall–Kier alpha value is -3.21. The molecule has 0 aliphatic heterocycles. The smallest absolute Gasteiger partial charge is 0.417 e. The average Bonchev–Trinajstić information content (AvgIpc) is 3.26. The second-order valence-electron chi connectivity index (χ2n) is 9.64. The standard InChI is InChI=1S/C28H34ClFN4O4S/c1-6-33(27(36)38-28(2,3)4)25(35)17-31-14-7-15-34-23(19-8-11-21(30)12-9-19)18-39-26(34)32-22-13-10-20(29)16-24(22)37-5/h8-13,16,18,31H,6-7,14-15,17H2,1-5H3. The van der Waals surface area contributed by atoms with Gasteiger partial charge < -0.3 is 19.4 Å². The van der Waals surface area contributed by atoms with Crippen molar-refractivity contribution in [1.82, 2.24) is 14.8 Å². The third-order valence-electron chi connectivity index (χ3n) is 5.54. The van der Waals surface area contributed by atoms with E-state index >= 15 is 0 Å². The van der Waals surface area contributed by atoms with Crippen LogP contribution in [0.15, 0.2) is 52.8 Å². The molecule has 2 aromatic carbocycles. The van der Waals surface area contributed by atoms with Crippen LogP contribution < -0.4 is 14.9 Å². The quantitative estimate of drug-likeness (QED) is 0.299. The number of halogens is 2. The van der Waals surface area contributed by atoms with Crippen LogP contribution in [0.3, 0.4) is 0 Å². The molecular weight excluding hydrogens is 543 g/mol. The van der Waals surface area contributed by atoms with E-state index in [0.29, 0.717) is 36.0 Å². The highest BCUT2D eigenvalue weighted by molar-refractivity contribution is 7.07. The van der Waals surface area contributed by atoms with Gasteiger partial charge in [-0.25, -0.2) is 19.1 Å². The SMILES string of the molecule is CCN(C(=O)CNCCCn1c(-c2ccc(F)cc2)csc1=Nc1ccc(Cl)cc1OC)C(=O)OC(C)(C)C. The fraction of sp³-hybridized carbons (Fsp3) is 0.393. The number of carbonyl (C=O) groups is 2. The van der Waals surface area contributed by atoms with Gasteiger partial charge in [0.15, 0.2) is 4.80 Å². The van der Waals surface area contributed by atoms with Gasteiger partial charge in [-0.2, -0.15) is 0 Å². The highest BCUT2D eigenvalue weighted by atomic mass is 35.5. The van der Waals surface area contributed by atoms with Gasteiger partial charge in [0.1, 0.15) is 22.9 Å². The van der Waals surface area contributed by atoms with E-state index in [1.165, 1.54) is 23.5 Å². The van der Waals surface area contributed by atoms with Gasteiger partial charge in [-0.15, -0.1) is 11.3 Å². The van der Waals surface area contributed by atoms with Crippen molar-refractivity contribution in [3.63, 3.8) is 0 Å². The number of thiazole rings is 1. The van der Waals surface area contributed by atoms with Crippen molar-refractivity contribution in [3.8, 4) is 17.0 Å². The number of rotatable bonds is 10. The lowest BCUT2D eigenvalue weighted by Crippen LogP contribution is -2.44. The number of methoxy groups -OCH3 is 1. The summed E-state index contributed by atoms with van der Waals surface area (Å²) in [6, 6.07) is 11.6. The molecule has 3 aromatic rings. The number of imide groups is 1. The van der Waals surface area contributed by atoms with Gasteiger partial charge in [0, 0.05) is 29.6 Å². The molecule has 0 unspecified atom stereocenters. The molecule has 0 saturated heterocycles. The summed E-state index contributed by atoms with van der Waals surface area (Å²) in [5.41, 5.74) is 1.70. The Balaban J connectivity index is 1.74. The molecule has 0 spiro atoms. The highest BCUT2D eigenvalue weighted by Gasteiger charge is 2.25. The van der Waals surface area contributed by atoms with Crippen molar-refractivity contribution in [2.45, 2.75) is 46.3 Å². The van der Waals surface area contributed by atoms with Crippen molar-refractivity contribution in [2.24, 2.45) is 4.99 Å². The number of likely N-dealkylation sites (N-methyl/N-ethyl adjacent to an activating group) is 1. The van der Waals surface area contributed by atoms with E-state index in [0.717, 1.165) is 21.0 Å². The Morgan fingerprint density at radius 2 is 1.90 bits per heavy atom. The summed E-state index contributed by atoms with van der Waals surface area (Å²) >= 11 is 7.56. The highest BCUT2D eigenvalue weighted by Crippen LogP contribution is 2.30. The molecule has 0 fully saturated rings. The molecule has 2 amide bonds. The molecule has 210 valence electrons. The Bertz CT molecular complexity index is 1350. The number of carbonyl (C=O) groups excluding carboxylic acids is 2. The van der Waals surface area contributed by atoms with Crippen molar-refractivity contribution in [2.75, 3.05) is 26.7 Å². The lowest BCUT2D eigenvalue weighted by atomic mass is 10.1. The molecule has 0 aliphatic rings. The second-order valence-corrected chi connectivity index (χ2v) is 10.9. The van der Waals surface area contributed by atoms with Crippen LogP contribution in [0.2, 0.25) is 5.02 Å². The molecular formula is C28H34ClFN4O4S. The number of hydrogen-bond acceptors (Lipinski definition) is 7. The molecule has 1 heterocycles. The zero-order chi connectivity index (χ0) is 28.6. The average molecular weight is 577 g/mol. The van der Waals surface area contributed by atoms with Crippen molar-refractivity contribution < 1.29 is 23.5 Å². The van der Waals surface area contributed by atoms with Gasteiger partial charge in [0.25, 0.3) is 0 Å². The minimum absolute atomic E-state index is 0.00537. The van der Waals surface area contributed by atoms with Gasteiger partial charge in [0.05, 0.1) is 19.3 Å². The molecule has 8 nitrogen and oxygen atoms in total. The maximum Gasteiger partial charge on any atom is 0.417 e. The summed E-state index contributed by atoms with van der Waals surface area (Å²) in [5, 5.41) is 5.64. The van der Waals surface area contributed by atoms with Crippen LogP contribution in [0.1, 0.15) is 34.1 Å². The molecule has 3 rings (SSSR count). The molecule has 39 heavy (non-hydrogen) atoms. The van der Waals surface area contributed by atoms with E-state index in [-0.39, 0.29) is 24.8 Å². The molecule has 0 radical (unpaired) electrons. The minimum Gasteiger partial charge on any atom is -0.494 e. The third kappa shape index (κ3) is 8.64. The van der Waals surface area contributed by atoms with Crippen LogP contribution in [0.5, 0.6) is 5.75 Å². The minimum atomic E-state index is -0.684. The van der Waals surface area contributed by atoms with Crippen molar-refractivity contribution in [1.29, 1.82) is 0 Å². The molecule has 0 bridgehead atoms. The lowest BCUT2D eigenvalue weighted by molar-refractivity contribution is -0.129. The Kier molecular flexibility index (Phi) is 10.7. The van der Waals surface area contributed by atoms with Gasteiger partial charge in [-0.3, -0.25) is 4.79 Å². The summed E-state index contributed by atoms with van der Waals surface area (Å²) in [6.07, 6.45) is 0.0141. The number of amides is 2. The first-order valence-electron chi connectivity index (χ1n) is 12.6. The summed E-state index contributed by atoms with van der Waals surface area (Å²) in [4.78, 5) is 31.6. The summed E-state index contributed by atoms with van der Waals surface area (Å²) < 4.78 is 26.4. The third-order valence-corrected chi connectivity index (χ3v) is 6.64.